The molecule has 2 aliphatic heterocycles. The van der Waals surface area contributed by atoms with Crippen LogP contribution in [0.4, 0.5) is 0 Å². The summed E-state index contributed by atoms with van der Waals surface area (Å²) in [5, 5.41) is 0.965. The van der Waals surface area contributed by atoms with E-state index in [0.29, 0.717) is 10.3 Å². The Hall–Kier alpha value is -1.17. The van der Waals surface area contributed by atoms with Crippen molar-refractivity contribution >= 4 is 35.0 Å². The van der Waals surface area contributed by atoms with Crippen LogP contribution in [0.1, 0.15) is 39.2 Å². The number of likely N-dealkylation sites (tertiary alicyclic amines) is 1. The number of rotatable bonds is 4. The summed E-state index contributed by atoms with van der Waals surface area (Å²) >= 11 is 7.88. The lowest BCUT2D eigenvalue weighted by atomic mass is 10.0. The van der Waals surface area contributed by atoms with Gasteiger partial charge in [-0.3, -0.25) is 4.90 Å². The molecule has 0 radical (unpaired) electrons. The molecule has 6 heteroatoms. The van der Waals surface area contributed by atoms with Crippen LogP contribution in [0.2, 0.25) is 5.02 Å². The summed E-state index contributed by atoms with van der Waals surface area (Å²) in [6.07, 6.45) is 4.32. The molecule has 1 saturated heterocycles. The Bertz CT molecular complexity index is 669. The summed E-state index contributed by atoms with van der Waals surface area (Å²) < 4.78 is 0. The highest BCUT2D eigenvalue weighted by molar-refractivity contribution is 8.00. The summed E-state index contributed by atoms with van der Waals surface area (Å²) in [5.41, 5.74) is 4.01. The Kier molecular flexibility index (Phi) is 5.13. The summed E-state index contributed by atoms with van der Waals surface area (Å²) in [7, 11) is 0. The lowest BCUT2D eigenvalue weighted by Gasteiger charge is -2.33. The van der Waals surface area contributed by atoms with Crippen LogP contribution in [0.3, 0.4) is 0 Å². The van der Waals surface area contributed by atoms with Gasteiger partial charge in [-0.15, -0.1) is 11.8 Å². The summed E-state index contributed by atoms with van der Waals surface area (Å²) in [6.45, 7) is 7.83. The number of nitrogens with one attached hydrogen (secondary N) is 1. The topological polar surface area (TPSA) is 41.6 Å². The minimum Gasteiger partial charge on any atom is -0.341 e. The molecular formula is C18H23ClN2O2S. The van der Waals surface area contributed by atoms with Gasteiger partial charge < -0.3 is 4.84 Å². The van der Waals surface area contributed by atoms with Gasteiger partial charge >= 0.3 is 5.97 Å². The van der Waals surface area contributed by atoms with Gasteiger partial charge in [0.05, 0.1) is 5.70 Å². The predicted octanol–water partition coefficient (Wildman–Crippen LogP) is 4.10. The fourth-order valence-electron chi connectivity index (χ4n) is 3.09. The van der Waals surface area contributed by atoms with Crippen LogP contribution < -0.4 is 5.48 Å². The number of fused-ring (bicyclic) bond motifs is 1. The average Bonchev–Trinajstić information content (AvgIpc) is 3.08. The standard InChI is InChI=1S/C18H23ClN2O2S/c1-12-10-15(14-11-13(19)6-7-16(14)24-12)20-23-17(22)18(2,3)21-8-4-5-9-21/h6-7,10-12,20H,4-5,8-9H2,1-3H3. The number of benzene rings is 1. The highest BCUT2D eigenvalue weighted by Crippen LogP contribution is 2.37. The molecule has 2 heterocycles. The second-order valence-electron chi connectivity index (χ2n) is 6.79. The van der Waals surface area contributed by atoms with E-state index < -0.39 is 5.54 Å². The normalized spacial score (nSPS) is 21.2. The van der Waals surface area contributed by atoms with Gasteiger partial charge in [-0.25, -0.2) is 10.3 Å². The van der Waals surface area contributed by atoms with E-state index in [1.54, 1.807) is 11.8 Å². The maximum absolute atomic E-state index is 12.6. The third-order valence-corrected chi connectivity index (χ3v) is 5.95. The highest BCUT2D eigenvalue weighted by atomic mass is 35.5. The fraction of sp³-hybridized carbons (Fsp3) is 0.500. The van der Waals surface area contributed by atoms with E-state index in [0.717, 1.165) is 42.1 Å². The number of hydroxylamine groups is 1. The van der Waals surface area contributed by atoms with E-state index in [9.17, 15) is 4.79 Å². The summed E-state index contributed by atoms with van der Waals surface area (Å²) in [4.78, 5) is 21.3. The second-order valence-corrected chi connectivity index (χ2v) is 8.64. The van der Waals surface area contributed by atoms with Crippen molar-refractivity contribution in [2.75, 3.05) is 13.1 Å². The van der Waals surface area contributed by atoms with Crippen LogP contribution in [0, 0.1) is 0 Å². The maximum Gasteiger partial charge on any atom is 0.351 e. The van der Waals surface area contributed by atoms with Crippen molar-refractivity contribution in [3.8, 4) is 0 Å². The first kappa shape index (κ1) is 17.6. The molecule has 0 bridgehead atoms. The SMILES string of the molecule is CC1C=C(NOC(=O)C(C)(C)N2CCCC2)c2cc(Cl)ccc2S1. The molecule has 1 fully saturated rings. The molecule has 2 aliphatic rings. The van der Waals surface area contributed by atoms with Gasteiger partial charge in [-0.05, 0) is 71.0 Å². The van der Waals surface area contributed by atoms with E-state index in [1.165, 1.54) is 0 Å². The molecule has 1 atom stereocenters. The van der Waals surface area contributed by atoms with E-state index in [4.69, 9.17) is 16.4 Å². The van der Waals surface area contributed by atoms with Gasteiger partial charge in [0.1, 0.15) is 5.54 Å². The van der Waals surface area contributed by atoms with Crippen molar-refractivity contribution in [1.29, 1.82) is 0 Å². The largest absolute Gasteiger partial charge is 0.351 e. The van der Waals surface area contributed by atoms with Crippen LogP contribution in [-0.4, -0.2) is 34.7 Å². The quantitative estimate of drug-likeness (QED) is 0.812. The third-order valence-electron chi connectivity index (χ3n) is 4.60. The van der Waals surface area contributed by atoms with Crippen LogP contribution in [0.25, 0.3) is 5.70 Å². The predicted molar refractivity (Wildman–Crippen MR) is 98.9 cm³/mol. The lowest BCUT2D eigenvalue weighted by molar-refractivity contribution is -0.160. The number of thioether (sulfide) groups is 1. The molecule has 3 rings (SSSR count). The molecule has 0 aliphatic carbocycles. The third kappa shape index (κ3) is 3.58. The van der Waals surface area contributed by atoms with Gasteiger partial charge in [0.15, 0.2) is 0 Å². The Morgan fingerprint density at radius 3 is 2.79 bits per heavy atom. The van der Waals surface area contributed by atoms with Crippen LogP contribution in [0.5, 0.6) is 0 Å². The first-order valence-corrected chi connectivity index (χ1v) is 9.54. The molecular weight excluding hydrogens is 344 g/mol. The van der Waals surface area contributed by atoms with Crippen molar-refractivity contribution < 1.29 is 9.63 Å². The first-order valence-electron chi connectivity index (χ1n) is 8.28. The highest BCUT2D eigenvalue weighted by Gasteiger charge is 2.38. The zero-order valence-electron chi connectivity index (χ0n) is 14.3. The molecule has 0 amide bonds. The molecule has 24 heavy (non-hydrogen) atoms. The van der Waals surface area contributed by atoms with Crippen LogP contribution >= 0.6 is 23.4 Å². The number of halogens is 1. The second kappa shape index (κ2) is 6.98. The minimum atomic E-state index is -0.629. The average molecular weight is 367 g/mol. The lowest BCUT2D eigenvalue weighted by Crippen LogP contribution is -2.50. The van der Waals surface area contributed by atoms with Crippen molar-refractivity contribution in [3.05, 3.63) is 34.9 Å². The Morgan fingerprint density at radius 1 is 1.38 bits per heavy atom. The number of hydrogen-bond donors (Lipinski definition) is 1. The Labute approximate surface area is 152 Å². The number of hydrogen-bond acceptors (Lipinski definition) is 5. The fourth-order valence-corrected chi connectivity index (χ4v) is 4.31. The molecule has 1 unspecified atom stereocenters. The molecule has 1 aromatic rings. The van der Waals surface area contributed by atoms with Crippen molar-refractivity contribution in [2.45, 2.75) is 49.3 Å². The van der Waals surface area contributed by atoms with E-state index in [1.807, 2.05) is 32.0 Å². The Balaban J connectivity index is 1.72. The van der Waals surface area contributed by atoms with E-state index in [-0.39, 0.29) is 5.97 Å². The molecule has 1 N–H and O–H groups in total. The van der Waals surface area contributed by atoms with Gasteiger partial charge in [0.2, 0.25) is 0 Å². The molecule has 0 aromatic heterocycles. The first-order chi connectivity index (χ1) is 11.4. The number of carbonyl (C=O) groups excluding carboxylic acids is 1. The molecule has 0 spiro atoms. The number of carbonyl (C=O) groups is 1. The van der Waals surface area contributed by atoms with Gasteiger partial charge in [-0.2, -0.15) is 0 Å². The van der Waals surface area contributed by atoms with Gasteiger partial charge in [0.25, 0.3) is 0 Å². The van der Waals surface area contributed by atoms with Crippen molar-refractivity contribution in [3.63, 3.8) is 0 Å². The smallest absolute Gasteiger partial charge is 0.341 e. The molecule has 0 saturated carbocycles. The number of nitrogens with zero attached hydrogens (tertiary/aromatic N) is 1. The van der Waals surface area contributed by atoms with Gasteiger partial charge in [-0.1, -0.05) is 11.6 Å². The summed E-state index contributed by atoms with van der Waals surface area (Å²) in [6, 6.07) is 5.78. The zero-order valence-corrected chi connectivity index (χ0v) is 15.8. The van der Waals surface area contributed by atoms with E-state index >= 15 is 0 Å². The van der Waals surface area contributed by atoms with E-state index in [2.05, 4.69) is 23.4 Å². The minimum absolute atomic E-state index is 0.264. The molecule has 4 nitrogen and oxygen atoms in total. The molecule has 130 valence electrons. The van der Waals surface area contributed by atoms with Crippen LogP contribution in [-0.2, 0) is 9.63 Å². The van der Waals surface area contributed by atoms with Crippen molar-refractivity contribution in [2.24, 2.45) is 0 Å². The zero-order chi connectivity index (χ0) is 17.3. The van der Waals surface area contributed by atoms with Crippen molar-refractivity contribution in [1.82, 2.24) is 10.4 Å². The summed E-state index contributed by atoms with van der Waals surface area (Å²) in [5.74, 6) is -0.264. The van der Waals surface area contributed by atoms with Gasteiger partial charge in [0, 0.05) is 20.7 Å². The van der Waals surface area contributed by atoms with Crippen LogP contribution in [0.15, 0.2) is 29.2 Å². The molecule has 1 aromatic carbocycles. The monoisotopic (exact) mass is 366 g/mol. The Morgan fingerprint density at radius 2 is 2.08 bits per heavy atom. The maximum atomic E-state index is 12.6.